The smallest absolute Gasteiger partial charge is 0.434 e. The van der Waals surface area contributed by atoms with E-state index in [1.165, 1.54) is 26.2 Å². The Labute approximate surface area is 102 Å². The van der Waals surface area contributed by atoms with E-state index in [4.69, 9.17) is 10.6 Å². The summed E-state index contributed by atoms with van der Waals surface area (Å²) < 4.78 is 9.26. The lowest BCUT2D eigenvalue weighted by molar-refractivity contribution is 0.0606. The van der Waals surface area contributed by atoms with Crippen LogP contribution in [-0.4, -0.2) is 19.2 Å². The zero-order valence-corrected chi connectivity index (χ0v) is 10.2. The Balaban J connectivity index is 2.79. The van der Waals surface area contributed by atoms with Crippen LogP contribution in [0.2, 0.25) is 0 Å². The van der Waals surface area contributed by atoms with Gasteiger partial charge in [0.15, 0.2) is 0 Å². The molecule has 1 rings (SSSR count). The number of amides is 1. The number of esters is 1. The third kappa shape index (κ3) is 3.30. The lowest BCUT2D eigenvalue weighted by Crippen LogP contribution is -2.36. The molecule has 0 spiro atoms. The van der Waals surface area contributed by atoms with Crippen LogP contribution in [0.25, 0.3) is 0 Å². The van der Waals surface area contributed by atoms with Crippen LogP contribution in [0.1, 0.15) is 16.6 Å². The summed E-state index contributed by atoms with van der Waals surface area (Å²) in [5.74, 6) is 5.27. The quantitative estimate of drug-likeness (QED) is 0.293. The zero-order chi connectivity index (χ0) is 13.0. The monoisotopic (exact) mass is 256 g/mol. The first-order valence-corrected chi connectivity index (χ1v) is 5.37. The largest absolute Gasteiger partial charge is 0.465 e. The molecule has 2 N–H and O–H groups in total. The summed E-state index contributed by atoms with van der Waals surface area (Å²) in [6, 6.07) is 3.04. The number of carbonyl (C=O) groups excluding carboxylic acids is 2. The number of anilines is 1. The molecule has 0 aliphatic carbocycles. The van der Waals surface area contributed by atoms with Crippen molar-refractivity contribution in [3.05, 3.63) is 29.3 Å². The van der Waals surface area contributed by atoms with E-state index in [-0.39, 0.29) is 5.76 Å². The van der Waals surface area contributed by atoms with Crippen molar-refractivity contribution >= 4 is 28.4 Å². The molecule has 92 valence electrons. The first kappa shape index (κ1) is 13.2. The summed E-state index contributed by atoms with van der Waals surface area (Å²) in [5, 5.41) is 1.17. The number of hydrogen-bond acceptors (Lipinski definition) is 6. The average molecular weight is 256 g/mol. The van der Waals surface area contributed by atoms with Gasteiger partial charge in [-0.15, -0.1) is 11.3 Å². The van der Waals surface area contributed by atoms with E-state index in [2.05, 4.69) is 11.3 Å². The molecule has 0 radical (unpaired) electrons. The fraction of sp³-hybridized carbons (Fsp3) is 0.200. The van der Waals surface area contributed by atoms with Gasteiger partial charge in [0.2, 0.25) is 0 Å². The van der Waals surface area contributed by atoms with Crippen LogP contribution in [0.4, 0.5) is 9.80 Å². The van der Waals surface area contributed by atoms with Gasteiger partial charge in [-0.25, -0.2) is 20.4 Å². The highest BCUT2D eigenvalue weighted by Crippen LogP contribution is 2.25. The molecule has 0 bridgehead atoms. The van der Waals surface area contributed by atoms with Gasteiger partial charge < -0.3 is 9.47 Å². The second-order valence-corrected chi connectivity index (χ2v) is 4.13. The Morgan fingerprint density at radius 3 is 2.65 bits per heavy atom. The number of carbonyl (C=O) groups is 2. The summed E-state index contributed by atoms with van der Waals surface area (Å²) in [7, 11) is 1.28. The molecule has 7 heteroatoms. The highest BCUT2D eigenvalue weighted by atomic mass is 32.1. The van der Waals surface area contributed by atoms with Gasteiger partial charge in [0.25, 0.3) is 0 Å². The summed E-state index contributed by atoms with van der Waals surface area (Å²) in [4.78, 5) is 23.0. The van der Waals surface area contributed by atoms with Gasteiger partial charge in [-0.3, -0.25) is 0 Å². The lowest BCUT2D eigenvalue weighted by Gasteiger charge is -2.13. The number of nitrogens with zero attached hydrogens (tertiary/aromatic N) is 1. The van der Waals surface area contributed by atoms with Crippen molar-refractivity contribution in [3.63, 3.8) is 0 Å². The molecule has 0 unspecified atom stereocenters. The van der Waals surface area contributed by atoms with Crippen molar-refractivity contribution in [2.24, 2.45) is 5.84 Å². The zero-order valence-electron chi connectivity index (χ0n) is 9.43. The molecule has 0 aliphatic heterocycles. The van der Waals surface area contributed by atoms with Crippen LogP contribution in [0.5, 0.6) is 0 Å². The van der Waals surface area contributed by atoms with Gasteiger partial charge in [0, 0.05) is 0 Å². The molecular formula is C10H12N2O4S. The maximum absolute atomic E-state index is 11.4. The maximum atomic E-state index is 11.4. The average Bonchev–Trinajstić information content (AvgIpc) is 2.75. The molecule has 0 atom stereocenters. The molecule has 1 aromatic rings. The minimum Gasteiger partial charge on any atom is -0.465 e. The molecule has 0 saturated carbocycles. The number of allylic oxidation sites excluding steroid dienone is 1. The number of hydrazine groups is 1. The Morgan fingerprint density at radius 2 is 2.12 bits per heavy atom. The van der Waals surface area contributed by atoms with Crippen LogP contribution in [0.15, 0.2) is 24.5 Å². The summed E-state index contributed by atoms with van der Waals surface area (Å²) in [5.41, 5.74) is 0. The fourth-order valence-corrected chi connectivity index (χ4v) is 1.79. The SMILES string of the molecule is C=C(C)OC(=O)N(N)c1ccc(C(=O)OC)s1. The first-order chi connectivity index (χ1) is 7.95. The van der Waals surface area contributed by atoms with Gasteiger partial charge in [0.05, 0.1) is 12.9 Å². The van der Waals surface area contributed by atoms with Crippen LogP contribution in [0.3, 0.4) is 0 Å². The van der Waals surface area contributed by atoms with Crippen LogP contribution >= 0.6 is 11.3 Å². The molecule has 1 aromatic heterocycles. The second-order valence-electron chi connectivity index (χ2n) is 3.07. The van der Waals surface area contributed by atoms with Crippen molar-refractivity contribution in [1.29, 1.82) is 0 Å². The third-order valence-corrected chi connectivity index (χ3v) is 2.74. The molecule has 0 saturated heterocycles. The number of nitrogens with two attached hydrogens (primary N) is 1. The second kappa shape index (κ2) is 5.46. The highest BCUT2D eigenvalue weighted by Gasteiger charge is 2.18. The van der Waals surface area contributed by atoms with E-state index < -0.39 is 12.1 Å². The number of methoxy groups -OCH3 is 1. The van der Waals surface area contributed by atoms with E-state index in [1.54, 1.807) is 0 Å². The van der Waals surface area contributed by atoms with E-state index in [9.17, 15) is 9.59 Å². The normalized spacial score (nSPS) is 9.59. The molecule has 0 fully saturated rings. The highest BCUT2D eigenvalue weighted by molar-refractivity contribution is 7.18. The van der Waals surface area contributed by atoms with Gasteiger partial charge in [-0.1, -0.05) is 6.58 Å². The number of thiophene rings is 1. The first-order valence-electron chi connectivity index (χ1n) is 4.56. The molecule has 1 amide bonds. The molecular weight excluding hydrogens is 244 g/mol. The minimum atomic E-state index is -0.768. The molecule has 17 heavy (non-hydrogen) atoms. The van der Waals surface area contributed by atoms with Crippen molar-refractivity contribution < 1.29 is 19.1 Å². The Morgan fingerprint density at radius 1 is 1.47 bits per heavy atom. The Kier molecular flexibility index (Phi) is 4.24. The van der Waals surface area contributed by atoms with E-state index in [0.29, 0.717) is 9.88 Å². The molecule has 0 aromatic carbocycles. The fourth-order valence-electron chi connectivity index (χ4n) is 0.956. The summed E-state index contributed by atoms with van der Waals surface area (Å²) in [6.07, 6.45) is -0.768. The van der Waals surface area contributed by atoms with Gasteiger partial charge in [0.1, 0.15) is 9.88 Å². The van der Waals surface area contributed by atoms with E-state index in [1.807, 2.05) is 0 Å². The predicted molar refractivity (Wildman–Crippen MR) is 63.6 cm³/mol. The van der Waals surface area contributed by atoms with Crippen molar-refractivity contribution in [1.82, 2.24) is 0 Å². The van der Waals surface area contributed by atoms with Crippen molar-refractivity contribution in [2.75, 3.05) is 12.1 Å². The maximum Gasteiger partial charge on any atom is 0.434 e. The van der Waals surface area contributed by atoms with Gasteiger partial charge in [-0.05, 0) is 19.1 Å². The predicted octanol–water partition coefficient (Wildman–Crippen LogP) is 1.89. The van der Waals surface area contributed by atoms with Crippen LogP contribution < -0.4 is 10.9 Å². The topological polar surface area (TPSA) is 81.9 Å². The van der Waals surface area contributed by atoms with E-state index >= 15 is 0 Å². The Hall–Kier alpha value is -1.86. The Bertz CT molecular complexity index is 455. The van der Waals surface area contributed by atoms with Crippen LogP contribution in [-0.2, 0) is 9.47 Å². The van der Waals surface area contributed by atoms with Crippen molar-refractivity contribution in [3.8, 4) is 0 Å². The van der Waals surface area contributed by atoms with E-state index in [0.717, 1.165) is 16.3 Å². The summed E-state index contributed by atoms with van der Waals surface area (Å²) >= 11 is 1.02. The van der Waals surface area contributed by atoms with Gasteiger partial charge >= 0.3 is 12.1 Å². The van der Waals surface area contributed by atoms with Crippen LogP contribution in [0, 0.1) is 0 Å². The lowest BCUT2D eigenvalue weighted by atomic mass is 10.5. The molecule has 6 nitrogen and oxygen atoms in total. The number of rotatable bonds is 3. The summed E-state index contributed by atoms with van der Waals surface area (Å²) in [6.45, 7) is 4.95. The minimum absolute atomic E-state index is 0.232. The number of ether oxygens (including phenoxy) is 2. The van der Waals surface area contributed by atoms with Crippen molar-refractivity contribution in [2.45, 2.75) is 6.92 Å². The number of hydrogen-bond donors (Lipinski definition) is 1. The standard InChI is InChI=1S/C10H12N2O4S/c1-6(2)16-10(14)12(11)8-5-4-7(17-8)9(13)15-3/h4-5H,1,11H2,2-3H3. The van der Waals surface area contributed by atoms with Gasteiger partial charge in [-0.2, -0.15) is 0 Å². The molecule has 1 heterocycles. The molecule has 0 aliphatic rings. The third-order valence-electron chi connectivity index (χ3n) is 1.67.